The van der Waals surface area contributed by atoms with Gasteiger partial charge in [0.2, 0.25) is 11.9 Å². The van der Waals surface area contributed by atoms with E-state index >= 15 is 0 Å². The Morgan fingerprint density at radius 1 is 1.26 bits per heavy atom. The van der Waals surface area contributed by atoms with Gasteiger partial charge >= 0.3 is 0 Å². The molecule has 1 N–H and O–H groups in total. The van der Waals surface area contributed by atoms with Crippen molar-refractivity contribution >= 4 is 45.2 Å². The van der Waals surface area contributed by atoms with Crippen LogP contribution < -0.4 is 10.2 Å². The second-order valence-electron chi connectivity index (χ2n) is 6.89. The van der Waals surface area contributed by atoms with Crippen molar-refractivity contribution in [3.05, 3.63) is 28.5 Å². The number of amides is 1. The fourth-order valence-electron chi connectivity index (χ4n) is 3.24. The molecular weight excluding hydrogens is 433 g/mol. The van der Waals surface area contributed by atoms with E-state index in [9.17, 15) is 9.18 Å². The van der Waals surface area contributed by atoms with Gasteiger partial charge in [-0.3, -0.25) is 9.36 Å². The maximum absolute atomic E-state index is 13.9. The van der Waals surface area contributed by atoms with Crippen molar-refractivity contribution in [3.63, 3.8) is 0 Å². The zero-order valence-electron chi connectivity index (χ0n) is 14.8. The first-order chi connectivity index (χ1) is 13.1. The van der Waals surface area contributed by atoms with Gasteiger partial charge in [-0.15, -0.1) is 10.2 Å². The zero-order chi connectivity index (χ0) is 18.8. The van der Waals surface area contributed by atoms with Gasteiger partial charge in [0.25, 0.3) is 0 Å². The van der Waals surface area contributed by atoms with Crippen LogP contribution in [0.15, 0.2) is 27.8 Å². The highest BCUT2D eigenvalue weighted by Crippen LogP contribution is 2.41. The molecule has 144 valence electrons. The smallest absolute Gasteiger partial charge is 0.234 e. The lowest BCUT2D eigenvalue weighted by atomic mass is 10.1. The standard InChI is InChI=1S/C18H21BrFN5OS/c19-12-4-7-15(14(20)10-12)21-16(26)11-27-18-23-22-17(25(18)13-5-6-13)24-8-2-1-3-9-24/h4,7,10,13H,1-3,5-6,8-9,11H2,(H,21,26). The third kappa shape index (κ3) is 4.45. The van der Waals surface area contributed by atoms with Crippen LogP contribution >= 0.6 is 27.7 Å². The summed E-state index contributed by atoms with van der Waals surface area (Å²) in [6.45, 7) is 2.03. The molecular formula is C18H21BrFN5OS. The molecule has 1 aliphatic carbocycles. The quantitative estimate of drug-likeness (QED) is 0.662. The third-order valence-corrected chi connectivity index (χ3v) is 6.17. The summed E-state index contributed by atoms with van der Waals surface area (Å²) in [4.78, 5) is 14.6. The number of carbonyl (C=O) groups excluding carboxylic acids is 1. The number of thioether (sulfide) groups is 1. The van der Waals surface area contributed by atoms with Gasteiger partial charge in [0, 0.05) is 23.6 Å². The van der Waals surface area contributed by atoms with Crippen LogP contribution in [0, 0.1) is 5.82 Å². The molecule has 0 unspecified atom stereocenters. The van der Waals surface area contributed by atoms with Crippen molar-refractivity contribution in [2.75, 3.05) is 29.1 Å². The van der Waals surface area contributed by atoms with E-state index in [1.54, 1.807) is 12.1 Å². The van der Waals surface area contributed by atoms with E-state index in [4.69, 9.17) is 0 Å². The lowest BCUT2D eigenvalue weighted by molar-refractivity contribution is -0.113. The minimum absolute atomic E-state index is 0.167. The average molecular weight is 454 g/mol. The van der Waals surface area contributed by atoms with Crippen LogP contribution in [0.5, 0.6) is 0 Å². The summed E-state index contributed by atoms with van der Waals surface area (Å²) in [5.41, 5.74) is 0.182. The van der Waals surface area contributed by atoms with E-state index in [2.05, 4.69) is 40.9 Å². The maximum atomic E-state index is 13.9. The molecule has 1 aromatic heterocycles. The van der Waals surface area contributed by atoms with Crippen molar-refractivity contribution in [1.29, 1.82) is 0 Å². The minimum atomic E-state index is -0.462. The molecule has 27 heavy (non-hydrogen) atoms. The molecule has 0 atom stereocenters. The van der Waals surface area contributed by atoms with Crippen LogP contribution in [-0.2, 0) is 4.79 Å². The molecule has 2 aromatic rings. The predicted octanol–water partition coefficient (Wildman–Crippen LogP) is 4.24. The van der Waals surface area contributed by atoms with E-state index in [0.29, 0.717) is 10.5 Å². The Morgan fingerprint density at radius 3 is 2.74 bits per heavy atom. The Kier molecular flexibility index (Phi) is 5.68. The van der Waals surface area contributed by atoms with Crippen molar-refractivity contribution in [2.45, 2.75) is 43.3 Å². The molecule has 1 amide bonds. The normalized spacial score (nSPS) is 17.2. The highest BCUT2D eigenvalue weighted by Gasteiger charge is 2.32. The number of halogens is 2. The van der Waals surface area contributed by atoms with Crippen molar-refractivity contribution < 1.29 is 9.18 Å². The van der Waals surface area contributed by atoms with Crippen LogP contribution in [0.1, 0.15) is 38.1 Å². The van der Waals surface area contributed by atoms with Gasteiger partial charge < -0.3 is 10.2 Å². The van der Waals surface area contributed by atoms with Gasteiger partial charge in [-0.2, -0.15) is 0 Å². The first-order valence-corrected chi connectivity index (χ1v) is 11.0. The summed E-state index contributed by atoms with van der Waals surface area (Å²) in [6.07, 6.45) is 5.89. The molecule has 9 heteroatoms. The number of hydrogen-bond acceptors (Lipinski definition) is 5. The van der Waals surface area contributed by atoms with E-state index in [1.807, 2.05) is 0 Å². The molecule has 1 saturated carbocycles. The predicted molar refractivity (Wildman–Crippen MR) is 108 cm³/mol. The number of rotatable bonds is 6. The topological polar surface area (TPSA) is 63.1 Å². The Morgan fingerprint density at radius 2 is 2.04 bits per heavy atom. The molecule has 0 spiro atoms. The largest absolute Gasteiger partial charge is 0.341 e. The second kappa shape index (κ2) is 8.18. The fourth-order valence-corrected chi connectivity index (χ4v) is 4.37. The number of carbonyl (C=O) groups is 1. The van der Waals surface area contributed by atoms with E-state index in [1.165, 1.54) is 37.1 Å². The Balaban J connectivity index is 1.42. The zero-order valence-corrected chi connectivity index (χ0v) is 17.2. The summed E-state index contributed by atoms with van der Waals surface area (Å²) in [6, 6.07) is 5.01. The molecule has 1 aromatic carbocycles. The molecule has 2 fully saturated rings. The van der Waals surface area contributed by atoms with E-state index in [0.717, 1.165) is 37.0 Å². The number of aromatic nitrogens is 3. The Bertz CT molecular complexity index is 835. The van der Waals surface area contributed by atoms with E-state index < -0.39 is 5.82 Å². The summed E-state index contributed by atoms with van der Waals surface area (Å²) < 4.78 is 16.7. The molecule has 6 nitrogen and oxygen atoms in total. The van der Waals surface area contributed by atoms with Crippen molar-refractivity contribution in [1.82, 2.24) is 14.8 Å². The van der Waals surface area contributed by atoms with Gasteiger partial charge in [-0.1, -0.05) is 27.7 Å². The molecule has 1 aliphatic heterocycles. The average Bonchev–Trinajstić information content (AvgIpc) is 3.42. The van der Waals surface area contributed by atoms with Crippen molar-refractivity contribution in [2.24, 2.45) is 0 Å². The molecule has 2 heterocycles. The minimum Gasteiger partial charge on any atom is -0.341 e. The Labute approximate surface area is 170 Å². The highest BCUT2D eigenvalue weighted by atomic mass is 79.9. The number of anilines is 2. The molecule has 4 rings (SSSR count). The lowest BCUT2D eigenvalue weighted by Crippen LogP contribution is -2.32. The van der Waals surface area contributed by atoms with Crippen LogP contribution in [0.2, 0.25) is 0 Å². The number of nitrogens with zero attached hydrogens (tertiary/aromatic N) is 4. The van der Waals surface area contributed by atoms with Crippen LogP contribution in [0.3, 0.4) is 0 Å². The van der Waals surface area contributed by atoms with Gasteiger partial charge in [0.15, 0.2) is 5.16 Å². The molecule has 1 saturated heterocycles. The maximum Gasteiger partial charge on any atom is 0.234 e. The number of benzene rings is 1. The fraction of sp³-hybridized carbons (Fsp3) is 0.500. The SMILES string of the molecule is O=C(CSc1nnc(N2CCCCC2)n1C1CC1)Nc1ccc(Br)cc1F. The Hall–Kier alpha value is -1.61. The second-order valence-corrected chi connectivity index (χ2v) is 8.75. The van der Waals surface area contributed by atoms with Gasteiger partial charge in [-0.05, 0) is 50.3 Å². The van der Waals surface area contributed by atoms with Crippen LogP contribution in [0.4, 0.5) is 16.0 Å². The first kappa shape index (κ1) is 18.7. The molecule has 2 aliphatic rings. The van der Waals surface area contributed by atoms with Gasteiger partial charge in [0.1, 0.15) is 5.82 Å². The summed E-state index contributed by atoms with van der Waals surface area (Å²) in [7, 11) is 0. The first-order valence-electron chi connectivity index (χ1n) is 9.19. The van der Waals surface area contributed by atoms with Crippen LogP contribution in [-0.4, -0.2) is 39.5 Å². The van der Waals surface area contributed by atoms with Crippen LogP contribution in [0.25, 0.3) is 0 Å². The van der Waals surface area contributed by atoms with E-state index in [-0.39, 0.29) is 17.3 Å². The van der Waals surface area contributed by atoms with Gasteiger partial charge in [0.05, 0.1) is 11.4 Å². The molecule has 0 radical (unpaired) electrons. The molecule has 0 bridgehead atoms. The summed E-state index contributed by atoms with van der Waals surface area (Å²) in [5, 5.41) is 12.1. The number of nitrogens with one attached hydrogen (secondary N) is 1. The highest BCUT2D eigenvalue weighted by molar-refractivity contribution is 9.10. The number of hydrogen-bond donors (Lipinski definition) is 1. The van der Waals surface area contributed by atoms with Crippen molar-refractivity contribution in [3.8, 4) is 0 Å². The third-order valence-electron chi connectivity index (χ3n) is 4.74. The monoisotopic (exact) mass is 453 g/mol. The summed E-state index contributed by atoms with van der Waals surface area (Å²) in [5.74, 6) is 0.377. The number of piperidine rings is 1. The van der Waals surface area contributed by atoms with Gasteiger partial charge in [-0.25, -0.2) is 4.39 Å². The lowest BCUT2D eigenvalue weighted by Gasteiger charge is -2.27. The summed E-state index contributed by atoms with van der Waals surface area (Å²) >= 11 is 4.56.